The van der Waals surface area contributed by atoms with Crippen molar-refractivity contribution >= 4 is 27.3 Å². The largest absolute Gasteiger partial charge is 0.326 e. The van der Waals surface area contributed by atoms with Crippen LogP contribution in [-0.4, -0.2) is 14.3 Å². The van der Waals surface area contributed by atoms with E-state index in [2.05, 4.69) is 10.0 Å². The molecule has 0 spiro atoms. The minimum Gasteiger partial charge on any atom is -0.326 e. The molecule has 0 heterocycles. The first-order valence-corrected chi connectivity index (χ1v) is 10.8. The summed E-state index contributed by atoms with van der Waals surface area (Å²) in [6.07, 6.45) is 0.259. The smallest absolute Gasteiger partial charge is 0.261 e. The van der Waals surface area contributed by atoms with Gasteiger partial charge in [-0.25, -0.2) is 8.42 Å². The molecule has 29 heavy (non-hydrogen) atoms. The SMILES string of the molecule is Cc1ccc(CC(=O)Nc2ccc(S(=O)(=O)Nc3ccc(C)c(C)c3)cc2)cc1. The number of benzene rings is 3. The molecule has 0 aliphatic rings. The number of hydrogen-bond donors (Lipinski definition) is 2. The summed E-state index contributed by atoms with van der Waals surface area (Å²) in [6.45, 7) is 5.90. The molecule has 2 N–H and O–H groups in total. The molecule has 0 saturated heterocycles. The highest BCUT2D eigenvalue weighted by atomic mass is 32.2. The van der Waals surface area contributed by atoms with E-state index in [1.54, 1.807) is 24.3 Å². The number of rotatable bonds is 6. The summed E-state index contributed by atoms with van der Waals surface area (Å²) in [5.74, 6) is -0.155. The molecule has 5 nitrogen and oxygen atoms in total. The number of anilines is 2. The molecule has 0 aliphatic heterocycles. The highest BCUT2D eigenvalue weighted by molar-refractivity contribution is 7.92. The zero-order chi connectivity index (χ0) is 21.0. The molecule has 0 bridgehead atoms. The van der Waals surface area contributed by atoms with Crippen molar-refractivity contribution in [1.82, 2.24) is 0 Å². The zero-order valence-electron chi connectivity index (χ0n) is 16.7. The molecule has 3 aromatic rings. The molecule has 0 unspecified atom stereocenters. The van der Waals surface area contributed by atoms with Crippen molar-refractivity contribution in [2.45, 2.75) is 32.1 Å². The summed E-state index contributed by atoms with van der Waals surface area (Å²) < 4.78 is 27.8. The van der Waals surface area contributed by atoms with Crippen molar-refractivity contribution < 1.29 is 13.2 Å². The van der Waals surface area contributed by atoms with Crippen LogP contribution < -0.4 is 10.0 Å². The lowest BCUT2D eigenvalue weighted by atomic mass is 10.1. The quantitative estimate of drug-likeness (QED) is 0.626. The van der Waals surface area contributed by atoms with Crippen LogP contribution >= 0.6 is 0 Å². The number of sulfonamides is 1. The van der Waals surface area contributed by atoms with E-state index in [4.69, 9.17) is 0 Å². The third kappa shape index (κ3) is 5.45. The van der Waals surface area contributed by atoms with Crippen LogP contribution in [0.4, 0.5) is 11.4 Å². The number of hydrogen-bond acceptors (Lipinski definition) is 3. The fourth-order valence-electron chi connectivity index (χ4n) is 2.83. The van der Waals surface area contributed by atoms with E-state index < -0.39 is 10.0 Å². The van der Waals surface area contributed by atoms with Crippen molar-refractivity contribution in [3.05, 3.63) is 89.0 Å². The van der Waals surface area contributed by atoms with E-state index in [9.17, 15) is 13.2 Å². The maximum atomic E-state index is 12.6. The summed E-state index contributed by atoms with van der Waals surface area (Å²) >= 11 is 0. The van der Waals surface area contributed by atoms with Crippen LogP contribution in [0.3, 0.4) is 0 Å². The van der Waals surface area contributed by atoms with Gasteiger partial charge in [0, 0.05) is 11.4 Å². The fourth-order valence-corrected chi connectivity index (χ4v) is 3.88. The minimum absolute atomic E-state index is 0.132. The normalized spacial score (nSPS) is 11.1. The number of nitrogens with one attached hydrogen (secondary N) is 2. The summed E-state index contributed by atoms with van der Waals surface area (Å²) in [5, 5.41) is 2.79. The summed E-state index contributed by atoms with van der Waals surface area (Å²) in [5.41, 5.74) is 5.23. The molecule has 150 valence electrons. The van der Waals surface area contributed by atoms with Crippen molar-refractivity contribution in [3.8, 4) is 0 Å². The molecule has 6 heteroatoms. The standard InChI is InChI=1S/C23H24N2O3S/c1-16-4-7-19(8-5-16)15-23(26)24-20-10-12-22(13-11-20)29(27,28)25-21-9-6-17(2)18(3)14-21/h4-14,25H,15H2,1-3H3,(H,24,26). The number of amides is 1. The molecule has 0 atom stereocenters. The van der Waals surface area contributed by atoms with Gasteiger partial charge >= 0.3 is 0 Å². The Labute approximate surface area is 171 Å². The third-order valence-corrected chi connectivity index (χ3v) is 6.09. The molecule has 3 rings (SSSR count). The van der Waals surface area contributed by atoms with Gasteiger partial charge < -0.3 is 5.32 Å². The molecular formula is C23H24N2O3S. The second-order valence-electron chi connectivity index (χ2n) is 7.14. The van der Waals surface area contributed by atoms with Crippen LogP contribution in [0.25, 0.3) is 0 Å². The molecule has 1 amide bonds. The van der Waals surface area contributed by atoms with Crippen LogP contribution in [0.5, 0.6) is 0 Å². The molecule has 0 saturated carbocycles. The highest BCUT2D eigenvalue weighted by Crippen LogP contribution is 2.20. The van der Waals surface area contributed by atoms with Crippen molar-refractivity contribution in [3.63, 3.8) is 0 Å². The van der Waals surface area contributed by atoms with E-state index in [0.29, 0.717) is 11.4 Å². The Bertz CT molecular complexity index is 1120. The Balaban J connectivity index is 1.66. The molecule has 3 aromatic carbocycles. The molecule has 0 fully saturated rings. The zero-order valence-corrected chi connectivity index (χ0v) is 17.5. The van der Waals surface area contributed by atoms with E-state index in [-0.39, 0.29) is 17.2 Å². The summed E-state index contributed by atoms with van der Waals surface area (Å²) in [7, 11) is -3.70. The number of aryl methyl sites for hydroxylation is 3. The lowest BCUT2D eigenvalue weighted by molar-refractivity contribution is -0.115. The highest BCUT2D eigenvalue weighted by Gasteiger charge is 2.15. The van der Waals surface area contributed by atoms with Gasteiger partial charge in [0.25, 0.3) is 10.0 Å². The third-order valence-electron chi connectivity index (χ3n) is 4.69. The van der Waals surface area contributed by atoms with Crippen LogP contribution in [0, 0.1) is 20.8 Å². The fraction of sp³-hybridized carbons (Fsp3) is 0.174. The van der Waals surface area contributed by atoms with E-state index in [1.807, 2.05) is 51.1 Å². The van der Waals surface area contributed by atoms with Gasteiger partial charge in [0.15, 0.2) is 0 Å². The number of carbonyl (C=O) groups is 1. The van der Waals surface area contributed by atoms with Gasteiger partial charge in [-0.15, -0.1) is 0 Å². The maximum Gasteiger partial charge on any atom is 0.261 e. The Hall–Kier alpha value is -3.12. The average Bonchev–Trinajstić information content (AvgIpc) is 2.67. The Kier molecular flexibility index (Phi) is 6.03. The van der Waals surface area contributed by atoms with Crippen molar-refractivity contribution in [2.24, 2.45) is 0 Å². The topological polar surface area (TPSA) is 75.3 Å². The Morgan fingerprint density at radius 3 is 2.03 bits per heavy atom. The first-order chi connectivity index (χ1) is 13.7. The van der Waals surface area contributed by atoms with Gasteiger partial charge in [0.05, 0.1) is 11.3 Å². The first kappa shape index (κ1) is 20.6. The van der Waals surface area contributed by atoms with Gasteiger partial charge in [0.1, 0.15) is 0 Å². The van der Waals surface area contributed by atoms with E-state index in [1.165, 1.54) is 12.1 Å². The molecule has 0 aliphatic carbocycles. The van der Waals surface area contributed by atoms with Gasteiger partial charge in [0.2, 0.25) is 5.91 Å². The number of carbonyl (C=O) groups excluding carboxylic acids is 1. The van der Waals surface area contributed by atoms with Crippen LogP contribution in [0.1, 0.15) is 22.3 Å². The van der Waals surface area contributed by atoms with Gasteiger partial charge in [-0.1, -0.05) is 35.9 Å². The Morgan fingerprint density at radius 2 is 1.41 bits per heavy atom. The summed E-state index contributed by atoms with van der Waals surface area (Å²) in [4.78, 5) is 12.3. The molecular weight excluding hydrogens is 384 g/mol. The van der Waals surface area contributed by atoms with E-state index >= 15 is 0 Å². The predicted molar refractivity (Wildman–Crippen MR) is 117 cm³/mol. The molecule has 0 aromatic heterocycles. The molecule has 0 radical (unpaired) electrons. The summed E-state index contributed by atoms with van der Waals surface area (Å²) in [6, 6.07) is 19.3. The first-order valence-electron chi connectivity index (χ1n) is 9.28. The lowest BCUT2D eigenvalue weighted by Crippen LogP contribution is -2.15. The van der Waals surface area contributed by atoms with Crippen LogP contribution in [-0.2, 0) is 21.2 Å². The van der Waals surface area contributed by atoms with Crippen LogP contribution in [0.15, 0.2) is 71.6 Å². The van der Waals surface area contributed by atoms with Crippen molar-refractivity contribution in [2.75, 3.05) is 10.0 Å². The van der Waals surface area contributed by atoms with Gasteiger partial charge in [-0.3, -0.25) is 9.52 Å². The van der Waals surface area contributed by atoms with Crippen LogP contribution in [0.2, 0.25) is 0 Å². The van der Waals surface area contributed by atoms with E-state index in [0.717, 1.165) is 22.3 Å². The minimum atomic E-state index is -3.70. The second-order valence-corrected chi connectivity index (χ2v) is 8.82. The predicted octanol–water partition coefficient (Wildman–Crippen LogP) is 4.59. The lowest BCUT2D eigenvalue weighted by Gasteiger charge is -2.11. The Morgan fingerprint density at radius 1 is 0.793 bits per heavy atom. The average molecular weight is 409 g/mol. The van der Waals surface area contributed by atoms with Gasteiger partial charge in [-0.05, 0) is 73.9 Å². The second kappa shape index (κ2) is 8.49. The van der Waals surface area contributed by atoms with Crippen molar-refractivity contribution in [1.29, 1.82) is 0 Å². The van der Waals surface area contributed by atoms with Gasteiger partial charge in [-0.2, -0.15) is 0 Å². The maximum absolute atomic E-state index is 12.6. The monoisotopic (exact) mass is 408 g/mol.